The quantitative estimate of drug-likeness (QED) is 0.769. The van der Waals surface area contributed by atoms with Crippen molar-refractivity contribution in [3.8, 4) is 0 Å². The molecule has 1 rings (SSSR count). The van der Waals surface area contributed by atoms with Crippen LogP contribution in [0.2, 0.25) is 0 Å². The summed E-state index contributed by atoms with van der Waals surface area (Å²) in [5.74, 6) is 1.49. The van der Waals surface area contributed by atoms with E-state index in [1.54, 1.807) is 7.11 Å². The maximum absolute atomic E-state index is 5.03. The molecule has 1 heterocycles. The van der Waals surface area contributed by atoms with E-state index >= 15 is 0 Å². The van der Waals surface area contributed by atoms with E-state index in [4.69, 9.17) is 4.74 Å². The molecule has 0 aliphatic rings. The number of methoxy groups -OCH3 is 1. The molecule has 0 aliphatic carbocycles. The van der Waals surface area contributed by atoms with E-state index in [1.807, 2.05) is 32.1 Å². The summed E-state index contributed by atoms with van der Waals surface area (Å²) in [6.45, 7) is 0.498. The highest BCUT2D eigenvalue weighted by atomic mass is 16.5. The van der Waals surface area contributed by atoms with Crippen LogP contribution >= 0.6 is 0 Å². The Morgan fingerprint density at radius 1 is 1.43 bits per heavy atom. The van der Waals surface area contributed by atoms with Gasteiger partial charge in [-0.1, -0.05) is 0 Å². The zero-order valence-electron chi connectivity index (χ0n) is 9.03. The number of anilines is 2. The summed E-state index contributed by atoms with van der Waals surface area (Å²) in [5, 5.41) is 2.99. The first-order valence-corrected chi connectivity index (χ1v) is 4.39. The van der Waals surface area contributed by atoms with Crippen molar-refractivity contribution in [2.45, 2.75) is 6.61 Å². The Balaban J connectivity index is 3.00. The summed E-state index contributed by atoms with van der Waals surface area (Å²) in [4.78, 5) is 10.5. The number of nitrogens with one attached hydrogen (secondary N) is 1. The minimum absolute atomic E-state index is 0.498. The van der Waals surface area contributed by atoms with Crippen molar-refractivity contribution in [3.63, 3.8) is 0 Å². The lowest BCUT2D eigenvalue weighted by Crippen LogP contribution is -2.14. The highest BCUT2D eigenvalue weighted by molar-refractivity contribution is 5.42. The molecule has 0 spiro atoms. The molecule has 0 atom stereocenters. The molecule has 5 heteroatoms. The van der Waals surface area contributed by atoms with Crippen molar-refractivity contribution in [1.82, 2.24) is 9.97 Å². The van der Waals surface area contributed by atoms with Crippen molar-refractivity contribution in [2.24, 2.45) is 0 Å². The van der Waals surface area contributed by atoms with E-state index in [0.29, 0.717) is 12.6 Å². The fourth-order valence-electron chi connectivity index (χ4n) is 1.03. The van der Waals surface area contributed by atoms with Crippen LogP contribution in [0.1, 0.15) is 5.69 Å². The van der Waals surface area contributed by atoms with Gasteiger partial charge in [0.15, 0.2) is 0 Å². The molecule has 0 saturated heterocycles. The Morgan fingerprint density at radius 3 is 2.64 bits per heavy atom. The van der Waals surface area contributed by atoms with Crippen LogP contribution in [-0.4, -0.2) is 38.2 Å². The van der Waals surface area contributed by atoms with Gasteiger partial charge in [0.05, 0.1) is 12.3 Å². The van der Waals surface area contributed by atoms with Gasteiger partial charge < -0.3 is 15.0 Å². The monoisotopic (exact) mass is 196 g/mol. The minimum atomic E-state index is 0.498. The average Bonchev–Trinajstić information content (AvgIpc) is 2.17. The first-order chi connectivity index (χ1) is 6.67. The van der Waals surface area contributed by atoms with Crippen LogP contribution in [0.4, 0.5) is 11.8 Å². The summed E-state index contributed by atoms with van der Waals surface area (Å²) >= 11 is 0. The highest BCUT2D eigenvalue weighted by Crippen LogP contribution is 2.11. The molecule has 0 aliphatic heterocycles. The summed E-state index contributed by atoms with van der Waals surface area (Å²) in [5.41, 5.74) is 0.871. The molecule has 0 fully saturated rings. The van der Waals surface area contributed by atoms with Crippen molar-refractivity contribution >= 4 is 11.8 Å². The lowest BCUT2D eigenvalue weighted by atomic mass is 10.4. The van der Waals surface area contributed by atoms with Crippen LogP contribution in [0.3, 0.4) is 0 Å². The summed E-state index contributed by atoms with van der Waals surface area (Å²) in [6, 6.07) is 1.87. The Hall–Kier alpha value is -1.36. The van der Waals surface area contributed by atoms with Crippen molar-refractivity contribution in [2.75, 3.05) is 38.5 Å². The second-order valence-corrected chi connectivity index (χ2v) is 3.12. The van der Waals surface area contributed by atoms with Gasteiger partial charge in [-0.25, -0.2) is 4.98 Å². The molecule has 0 radical (unpaired) electrons. The molecule has 5 nitrogen and oxygen atoms in total. The van der Waals surface area contributed by atoms with Gasteiger partial charge in [-0.15, -0.1) is 0 Å². The van der Waals surface area contributed by atoms with Crippen LogP contribution in [0.5, 0.6) is 0 Å². The van der Waals surface area contributed by atoms with E-state index in [9.17, 15) is 0 Å². The van der Waals surface area contributed by atoms with Crippen molar-refractivity contribution < 1.29 is 4.74 Å². The predicted molar refractivity (Wildman–Crippen MR) is 56.6 cm³/mol. The van der Waals surface area contributed by atoms with Crippen LogP contribution in [0.25, 0.3) is 0 Å². The first kappa shape index (κ1) is 10.7. The number of hydrogen-bond acceptors (Lipinski definition) is 5. The van der Waals surface area contributed by atoms with Crippen LogP contribution in [0.15, 0.2) is 6.07 Å². The second-order valence-electron chi connectivity index (χ2n) is 3.12. The summed E-state index contributed by atoms with van der Waals surface area (Å²) in [7, 11) is 7.30. The number of rotatable bonds is 4. The maximum Gasteiger partial charge on any atom is 0.227 e. The Bertz CT molecular complexity index is 301. The third-order valence-corrected chi connectivity index (χ3v) is 1.72. The number of nitrogens with zero attached hydrogens (tertiary/aromatic N) is 3. The topological polar surface area (TPSA) is 50.3 Å². The Labute approximate surface area is 84.1 Å². The first-order valence-electron chi connectivity index (χ1n) is 4.39. The third-order valence-electron chi connectivity index (χ3n) is 1.72. The molecular weight excluding hydrogens is 180 g/mol. The van der Waals surface area contributed by atoms with Gasteiger partial charge in [-0.05, 0) is 0 Å². The van der Waals surface area contributed by atoms with Crippen LogP contribution in [0, 0.1) is 0 Å². The zero-order chi connectivity index (χ0) is 10.6. The maximum atomic E-state index is 5.03. The molecule has 0 bridgehead atoms. The number of ether oxygens (including phenoxy) is 1. The molecule has 0 unspecified atom stereocenters. The molecule has 14 heavy (non-hydrogen) atoms. The molecule has 0 amide bonds. The van der Waals surface area contributed by atoms with E-state index in [-0.39, 0.29) is 0 Å². The largest absolute Gasteiger partial charge is 0.378 e. The molecule has 1 aromatic heterocycles. The summed E-state index contributed by atoms with van der Waals surface area (Å²) < 4.78 is 5.03. The fraction of sp³-hybridized carbons (Fsp3) is 0.556. The minimum Gasteiger partial charge on any atom is -0.378 e. The molecule has 0 saturated carbocycles. The van der Waals surface area contributed by atoms with Crippen molar-refractivity contribution in [3.05, 3.63) is 11.8 Å². The van der Waals surface area contributed by atoms with Crippen LogP contribution < -0.4 is 10.2 Å². The standard InChI is InChI=1S/C9H16N4O/c1-10-8-5-7(6-14-4)11-9(12-8)13(2)3/h5H,6H2,1-4H3,(H,10,11,12). The Kier molecular flexibility index (Phi) is 3.64. The van der Waals surface area contributed by atoms with Gasteiger partial charge >= 0.3 is 0 Å². The number of aromatic nitrogens is 2. The predicted octanol–water partition coefficient (Wildman–Crippen LogP) is 0.731. The molecule has 78 valence electrons. The molecule has 1 aromatic rings. The SMILES string of the molecule is CNc1cc(COC)nc(N(C)C)n1. The van der Waals surface area contributed by atoms with E-state index < -0.39 is 0 Å². The van der Waals surface area contributed by atoms with E-state index in [1.165, 1.54) is 0 Å². The molecular formula is C9H16N4O. The average molecular weight is 196 g/mol. The fourth-order valence-corrected chi connectivity index (χ4v) is 1.03. The van der Waals surface area contributed by atoms with E-state index in [2.05, 4.69) is 15.3 Å². The van der Waals surface area contributed by atoms with Gasteiger partial charge in [0.2, 0.25) is 5.95 Å². The lowest BCUT2D eigenvalue weighted by molar-refractivity contribution is 0.181. The van der Waals surface area contributed by atoms with Crippen LogP contribution in [-0.2, 0) is 11.3 Å². The highest BCUT2D eigenvalue weighted by Gasteiger charge is 2.04. The van der Waals surface area contributed by atoms with Gasteiger partial charge in [-0.3, -0.25) is 0 Å². The Morgan fingerprint density at radius 2 is 2.14 bits per heavy atom. The lowest BCUT2D eigenvalue weighted by Gasteiger charge is -2.12. The smallest absolute Gasteiger partial charge is 0.227 e. The van der Waals surface area contributed by atoms with Gasteiger partial charge in [0.25, 0.3) is 0 Å². The van der Waals surface area contributed by atoms with Gasteiger partial charge in [-0.2, -0.15) is 4.98 Å². The summed E-state index contributed by atoms with van der Waals surface area (Å²) in [6.07, 6.45) is 0. The zero-order valence-corrected chi connectivity index (χ0v) is 9.03. The van der Waals surface area contributed by atoms with Gasteiger partial charge in [0.1, 0.15) is 5.82 Å². The third kappa shape index (κ3) is 2.56. The number of hydrogen-bond donors (Lipinski definition) is 1. The normalized spacial score (nSPS) is 10.0. The second kappa shape index (κ2) is 4.76. The molecule has 0 aromatic carbocycles. The molecule has 1 N–H and O–H groups in total. The van der Waals surface area contributed by atoms with E-state index in [0.717, 1.165) is 11.5 Å². The van der Waals surface area contributed by atoms with Gasteiger partial charge in [0, 0.05) is 34.3 Å². The van der Waals surface area contributed by atoms with Crippen molar-refractivity contribution in [1.29, 1.82) is 0 Å².